The summed E-state index contributed by atoms with van der Waals surface area (Å²) in [7, 11) is 0. The van der Waals surface area contributed by atoms with E-state index in [9.17, 15) is 14.9 Å². The first-order valence-electron chi connectivity index (χ1n) is 8.25. The summed E-state index contributed by atoms with van der Waals surface area (Å²) < 4.78 is 11.3. The molecule has 1 unspecified atom stereocenters. The van der Waals surface area contributed by atoms with Crippen molar-refractivity contribution < 1.29 is 19.2 Å². The average Bonchev–Trinajstić information content (AvgIpc) is 2.88. The number of amides is 1. The number of halogens is 1. The van der Waals surface area contributed by atoms with Crippen molar-refractivity contribution in [3.8, 4) is 11.5 Å². The van der Waals surface area contributed by atoms with Crippen molar-refractivity contribution in [2.75, 3.05) is 18.5 Å². The normalized spacial score (nSPS) is 14.1. The summed E-state index contributed by atoms with van der Waals surface area (Å²) >= 11 is 7.37. The van der Waals surface area contributed by atoms with Crippen molar-refractivity contribution in [1.29, 1.82) is 0 Å². The van der Waals surface area contributed by atoms with Crippen molar-refractivity contribution >= 4 is 40.6 Å². The number of anilines is 1. The second kappa shape index (κ2) is 8.49. The maximum absolute atomic E-state index is 12.5. The van der Waals surface area contributed by atoms with Gasteiger partial charge in [-0.3, -0.25) is 14.9 Å². The quantitative estimate of drug-likeness (QED) is 0.444. The van der Waals surface area contributed by atoms with Gasteiger partial charge < -0.3 is 14.8 Å². The number of hydrogen-bond acceptors (Lipinski definition) is 6. The topological polar surface area (TPSA) is 90.7 Å². The number of rotatable bonds is 5. The van der Waals surface area contributed by atoms with Crippen LogP contribution in [0.3, 0.4) is 0 Å². The third-order valence-corrected chi connectivity index (χ3v) is 5.24. The SMILES string of the molecule is CC(Sc1ccc2c(c1)OCCCO2)C(=O)Nc1cc([N+](=O)[O-])ccc1Cl. The van der Waals surface area contributed by atoms with Crippen molar-refractivity contribution in [3.05, 3.63) is 51.5 Å². The molecule has 0 radical (unpaired) electrons. The number of benzene rings is 2. The molecule has 0 saturated heterocycles. The summed E-state index contributed by atoms with van der Waals surface area (Å²) in [6, 6.07) is 9.44. The van der Waals surface area contributed by atoms with Gasteiger partial charge in [0, 0.05) is 23.4 Å². The molecule has 0 fully saturated rings. The molecule has 2 aromatic rings. The number of nitrogens with zero attached hydrogens (tertiary/aromatic N) is 1. The first kappa shape index (κ1) is 19.3. The lowest BCUT2D eigenvalue weighted by Gasteiger charge is -2.14. The Morgan fingerprint density at radius 1 is 1.22 bits per heavy atom. The van der Waals surface area contributed by atoms with E-state index in [1.165, 1.54) is 30.0 Å². The van der Waals surface area contributed by atoms with E-state index in [2.05, 4.69) is 5.32 Å². The molecular weight excluding hydrogens is 392 g/mol. The summed E-state index contributed by atoms with van der Waals surface area (Å²) in [6.07, 6.45) is 0.819. The van der Waals surface area contributed by atoms with Crippen molar-refractivity contribution in [3.63, 3.8) is 0 Å². The second-order valence-corrected chi connectivity index (χ2v) is 7.65. The number of carbonyl (C=O) groups is 1. The molecular formula is C18H17ClN2O5S. The van der Waals surface area contributed by atoms with Crippen LogP contribution in [0.25, 0.3) is 0 Å². The number of thioether (sulfide) groups is 1. The van der Waals surface area contributed by atoms with Crippen LogP contribution in [0, 0.1) is 10.1 Å². The monoisotopic (exact) mass is 408 g/mol. The Balaban J connectivity index is 1.69. The third kappa shape index (κ3) is 4.84. The van der Waals surface area contributed by atoms with Gasteiger partial charge in [-0.25, -0.2) is 0 Å². The average molecular weight is 409 g/mol. The Kier molecular flexibility index (Phi) is 6.08. The molecule has 0 spiro atoms. The molecule has 0 bridgehead atoms. The molecule has 1 aliphatic heterocycles. The van der Waals surface area contributed by atoms with Gasteiger partial charge in [0.1, 0.15) is 0 Å². The van der Waals surface area contributed by atoms with E-state index < -0.39 is 10.2 Å². The Morgan fingerprint density at radius 3 is 2.70 bits per heavy atom. The fraction of sp³-hybridized carbons (Fsp3) is 0.278. The lowest BCUT2D eigenvalue weighted by atomic mass is 10.2. The molecule has 2 aromatic carbocycles. The smallest absolute Gasteiger partial charge is 0.271 e. The van der Waals surface area contributed by atoms with E-state index in [1.54, 1.807) is 6.92 Å². The fourth-order valence-corrected chi connectivity index (χ4v) is 3.49. The van der Waals surface area contributed by atoms with E-state index in [1.807, 2.05) is 18.2 Å². The van der Waals surface area contributed by atoms with E-state index >= 15 is 0 Å². The predicted octanol–water partition coefficient (Wildman–Crippen LogP) is 4.53. The molecule has 0 saturated carbocycles. The van der Waals surface area contributed by atoms with Crippen molar-refractivity contribution in [1.82, 2.24) is 0 Å². The highest BCUT2D eigenvalue weighted by molar-refractivity contribution is 8.00. The van der Waals surface area contributed by atoms with E-state index in [0.29, 0.717) is 24.7 Å². The minimum Gasteiger partial charge on any atom is -0.490 e. The number of hydrogen-bond donors (Lipinski definition) is 1. The third-order valence-electron chi connectivity index (χ3n) is 3.82. The Morgan fingerprint density at radius 2 is 1.96 bits per heavy atom. The van der Waals surface area contributed by atoms with Gasteiger partial charge in [0.05, 0.1) is 34.1 Å². The van der Waals surface area contributed by atoms with Gasteiger partial charge >= 0.3 is 0 Å². The lowest BCUT2D eigenvalue weighted by molar-refractivity contribution is -0.384. The highest BCUT2D eigenvalue weighted by Gasteiger charge is 2.19. The van der Waals surface area contributed by atoms with Gasteiger partial charge in [0.25, 0.3) is 5.69 Å². The zero-order valence-electron chi connectivity index (χ0n) is 14.4. The maximum atomic E-state index is 12.5. The molecule has 0 aliphatic carbocycles. The van der Waals surface area contributed by atoms with Gasteiger partial charge in [-0.05, 0) is 31.2 Å². The van der Waals surface area contributed by atoms with Crippen LogP contribution in [0.5, 0.6) is 11.5 Å². The van der Waals surface area contributed by atoms with Gasteiger partial charge in [-0.2, -0.15) is 0 Å². The predicted molar refractivity (Wildman–Crippen MR) is 104 cm³/mol. The number of nitro groups is 1. The summed E-state index contributed by atoms with van der Waals surface area (Å²) in [6.45, 7) is 2.94. The van der Waals surface area contributed by atoms with Crippen LogP contribution in [0.4, 0.5) is 11.4 Å². The van der Waals surface area contributed by atoms with Gasteiger partial charge in [-0.15, -0.1) is 11.8 Å². The van der Waals surface area contributed by atoms with E-state index in [-0.39, 0.29) is 22.3 Å². The molecule has 1 aliphatic rings. The summed E-state index contributed by atoms with van der Waals surface area (Å²) in [5, 5.41) is 13.3. The Hall–Kier alpha value is -2.45. The molecule has 1 N–H and O–H groups in total. The van der Waals surface area contributed by atoms with Gasteiger partial charge in [0.15, 0.2) is 11.5 Å². The molecule has 27 heavy (non-hydrogen) atoms. The van der Waals surface area contributed by atoms with E-state index in [4.69, 9.17) is 21.1 Å². The molecule has 1 heterocycles. The molecule has 3 rings (SSSR count). The summed E-state index contributed by atoms with van der Waals surface area (Å²) in [4.78, 5) is 23.7. The number of ether oxygens (including phenoxy) is 2. The van der Waals surface area contributed by atoms with Crippen LogP contribution in [0.1, 0.15) is 13.3 Å². The standard InChI is InChI=1S/C18H17ClN2O5S/c1-11(18(22)20-15-9-12(21(23)24)3-5-14(15)19)27-13-4-6-16-17(10-13)26-8-2-7-25-16/h3-6,9-11H,2,7-8H2,1H3,(H,20,22). The minimum atomic E-state index is -0.540. The molecule has 142 valence electrons. The van der Waals surface area contributed by atoms with Crippen LogP contribution in [-0.4, -0.2) is 29.3 Å². The van der Waals surface area contributed by atoms with Crippen LogP contribution in [0.15, 0.2) is 41.3 Å². The van der Waals surface area contributed by atoms with Crippen LogP contribution in [-0.2, 0) is 4.79 Å². The van der Waals surface area contributed by atoms with Crippen molar-refractivity contribution in [2.24, 2.45) is 0 Å². The highest BCUT2D eigenvalue weighted by Crippen LogP contribution is 2.35. The Bertz CT molecular complexity index is 877. The van der Waals surface area contributed by atoms with E-state index in [0.717, 1.165) is 11.3 Å². The number of nitrogens with one attached hydrogen (secondary N) is 1. The van der Waals surface area contributed by atoms with Gasteiger partial charge in [0.2, 0.25) is 5.91 Å². The molecule has 7 nitrogen and oxygen atoms in total. The van der Waals surface area contributed by atoms with Crippen molar-refractivity contribution in [2.45, 2.75) is 23.5 Å². The minimum absolute atomic E-state index is 0.141. The molecule has 9 heteroatoms. The number of non-ortho nitro benzene ring substituents is 1. The molecule has 0 aromatic heterocycles. The highest BCUT2D eigenvalue weighted by atomic mass is 35.5. The largest absolute Gasteiger partial charge is 0.490 e. The first-order chi connectivity index (χ1) is 12.9. The zero-order valence-corrected chi connectivity index (χ0v) is 16.0. The summed E-state index contributed by atoms with van der Waals surface area (Å²) in [5.74, 6) is 1.04. The molecule has 1 atom stereocenters. The number of fused-ring (bicyclic) bond motifs is 1. The number of nitro benzene ring substituents is 1. The summed E-state index contributed by atoms with van der Waals surface area (Å²) in [5.41, 5.74) is 0.0693. The maximum Gasteiger partial charge on any atom is 0.271 e. The zero-order chi connectivity index (χ0) is 19.4. The number of carbonyl (C=O) groups excluding carboxylic acids is 1. The lowest BCUT2D eigenvalue weighted by Crippen LogP contribution is -2.22. The fourth-order valence-electron chi connectivity index (χ4n) is 2.43. The molecule has 1 amide bonds. The van der Waals surface area contributed by atoms with Crippen LogP contribution in [0.2, 0.25) is 5.02 Å². The van der Waals surface area contributed by atoms with Crippen LogP contribution >= 0.6 is 23.4 Å². The first-order valence-corrected chi connectivity index (χ1v) is 9.51. The van der Waals surface area contributed by atoms with Gasteiger partial charge in [-0.1, -0.05) is 11.6 Å². The van der Waals surface area contributed by atoms with Crippen LogP contribution < -0.4 is 14.8 Å². The second-order valence-electron chi connectivity index (χ2n) is 5.83. The Labute approximate surface area is 165 Å².